The average Bonchev–Trinajstić information content (AvgIpc) is 3.34. The van der Waals surface area contributed by atoms with E-state index in [2.05, 4.69) is 21.3 Å². The van der Waals surface area contributed by atoms with Crippen molar-refractivity contribution in [3.05, 3.63) is 82.9 Å². The first-order valence-corrected chi connectivity index (χ1v) is 9.29. The van der Waals surface area contributed by atoms with Crippen LogP contribution in [-0.2, 0) is 11.3 Å². The lowest BCUT2D eigenvalue weighted by Crippen LogP contribution is -2.39. The van der Waals surface area contributed by atoms with Crippen LogP contribution in [0.2, 0.25) is 5.02 Å². The predicted octanol–water partition coefficient (Wildman–Crippen LogP) is 3.27. The highest BCUT2D eigenvalue weighted by atomic mass is 35.5. The second kappa shape index (κ2) is 8.10. The molecule has 0 aliphatic carbocycles. The first-order chi connectivity index (χ1) is 13.6. The van der Waals surface area contributed by atoms with Gasteiger partial charge in [0.2, 0.25) is 5.91 Å². The number of carbonyl (C=O) groups is 1. The number of nitrogens with one attached hydrogen (secondary N) is 3. The van der Waals surface area contributed by atoms with Gasteiger partial charge in [-0.3, -0.25) is 9.48 Å². The number of nitrogens with zero attached hydrogens (tertiary/aromatic N) is 2. The fourth-order valence-corrected chi connectivity index (χ4v) is 3.29. The second-order valence-electron chi connectivity index (χ2n) is 6.72. The molecule has 1 aromatic heterocycles. The Morgan fingerprint density at radius 2 is 1.93 bits per heavy atom. The second-order valence-corrected chi connectivity index (χ2v) is 7.16. The molecule has 0 saturated carbocycles. The Bertz CT molecular complexity index is 957. The Morgan fingerprint density at radius 3 is 2.68 bits per heavy atom. The summed E-state index contributed by atoms with van der Waals surface area (Å²) in [6.07, 6.45) is 3.97. The maximum atomic E-state index is 13.1. The van der Waals surface area contributed by atoms with Gasteiger partial charge in [0.25, 0.3) is 0 Å². The number of anilines is 1. The Labute approximate surface area is 166 Å². The Balaban J connectivity index is 1.33. The third-order valence-corrected chi connectivity index (χ3v) is 4.90. The molecule has 2 heterocycles. The molecule has 6 nitrogen and oxygen atoms in total. The van der Waals surface area contributed by atoms with Crippen LogP contribution in [0.5, 0.6) is 0 Å². The van der Waals surface area contributed by atoms with E-state index < -0.39 is 6.04 Å². The van der Waals surface area contributed by atoms with Gasteiger partial charge in [-0.15, -0.1) is 0 Å². The van der Waals surface area contributed by atoms with Gasteiger partial charge in [-0.25, -0.2) is 15.2 Å². The van der Waals surface area contributed by atoms with E-state index in [4.69, 9.17) is 11.6 Å². The third kappa shape index (κ3) is 4.39. The monoisotopic (exact) mass is 399 g/mol. The van der Waals surface area contributed by atoms with E-state index in [1.165, 1.54) is 12.1 Å². The lowest BCUT2D eigenvalue weighted by Gasteiger charge is -2.09. The molecule has 2 aromatic carbocycles. The minimum absolute atomic E-state index is 0.0519. The average molecular weight is 400 g/mol. The van der Waals surface area contributed by atoms with Gasteiger partial charge in [-0.1, -0.05) is 35.9 Å². The molecule has 144 valence electrons. The number of aromatic nitrogens is 2. The van der Waals surface area contributed by atoms with Crippen molar-refractivity contribution in [3.8, 4) is 0 Å². The number of hydrogen-bond donors (Lipinski definition) is 3. The van der Waals surface area contributed by atoms with Crippen molar-refractivity contribution in [2.75, 3.05) is 5.32 Å². The standard InChI is InChI=1S/C20H19ClFN5O/c21-15-5-1-13(2-6-15)11-27-12-17(10-23-27)24-20(28)19-9-18(25-26-19)14-3-7-16(22)8-4-14/h1-8,10,12,18-19,25-26H,9,11H2,(H,24,28). The minimum atomic E-state index is -0.394. The van der Waals surface area contributed by atoms with E-state index in [0.717, 1.165) is 11.1 Å². The molecule has 8 heteroatoms. The molecule has 2 atom stereocenters. The number of amides is 1. The molecule has 0 radical (unpaired) electrons. The van der Waals surface area contributed by atoms with Gasteiger partial charge < -0.3 is 5.32 Å². The van der Waals surface area contributed by atoms with Crippen LogP contribution in [0.3, 0.4) is 0 Å². The molecule has 3 aromatic rings. The SMILES string of the molecule is O=C(Nc1cnn(Cc2ccc(Cl)cc2)c1)C1CC(c2ccc(F)cc2)NN1. The molecular formula is C20H19ClFN5O. The van der Waals surface area contributed by atoms with Crippen LogP contribution in [0, 0.1) is 5.82 Å². The molecule has 1 aliphatic heterocycles. The van der Waals surface area contributed by atoms with E-state index in [9.17, 15) is 9.18 Å². The molecule has 1 aliphatic rings. The van der Waals surface area contributed by atoms with E-state index in [1.807, 2.05) is 24.3 Å². The smallest absolute Gasteiger partial charge is 0.243 e. The van der Waals surface area contributed by atoms with Crippen molar-refractivity contribution in [2.45, 2.75) is 25.0 Å². The maximum absolute atomic E-state index is 13.1. The molecule has 1 saturated heterocycles. The van der Waals surface area contributed by atoms with Gasteiger partial charge in [0.1, 0.15) is 11.9 Å². The summed E-state index contributed by atoms with van der Waals surface area (Å²) in [4.78, 5) is 12.5. The van der Waals surface area contributed by atoms with E-state index >= 15 is 0 Å². The Morgan fingerprint density at radius 1 is 1.18 bits per heavy atom. The molecule has 1 amide bonds. The number of hydrogen-bond acceptors (Lipinski definition) is 4. The fourth-order valence-electron chi connectivity index (χ4n) is 3.16. The zero-order valence-corrected chi connectivity index (χ0v) is 15.7. The summed E-state index contributed by atoms with van der Waals surface area (Å²) < 4.78 is 14.8. The number of benzene rings is 2. The highest BCUT2D eigenvalue weighted by molar-refractivity contribution is 6.30. The topological polar surface area (TPSA) is 71.0 Å². The van der Waals surface area contributed by atoms with Crippen LogP contribution < -0.4 is 16.2 Å². The Hall–Kier alpha value is -2.74. The third-order valence-electron chi connectivity index (χ3n) is 4.65. The van der Waals surface area contributed by atoms with E-state index in [-0.39, 0.29) is 17.8 Å². The van der Waals surface area contributed by atoms with Crippen LogP contribution in [0.25, 0.3) is 0 Å². The summed E-state index contributed by atoms with van der Waals surface area (Å²) in [7, 11) is 0. The molecule has 2 unspecified atom stereocenters. The van der Waals surface area contributed by atoms with Gasteiger partial charge in [0, 0.05) is 17.3 Å². The van der Waals surface area contributed by atoms with E-state index in [1.54, 1.807) is 29.2 Å². The quantitative estimate of drug-likeness (QED) is 0.615. The lowest BCUT2D eigenvalue weighted by molar-refractivity contribution is -0.117. The van der Waals surface area contributed by atoms with Crippen LogP contribution in [0.15, 0.2) is 60.9 Å². The van der Waals surface area contributed by atoms with Gasteiger partial charge in [-0.2, -0.15) is 5.10 Å². The Kier molecular flexibility index (Phi) is 5.38. The first-order valence-electron chi connectivity index (χ1n) is 8.91. The molecule has 1 fully saturated rings. The van der Waals surface area contributed by atoms with Gasteiger partial charge in [-0.05, 0) is 41.8 Å². The molecular weight excluding hydrogens is 381 g/mol. The minimum Gasteiger partial charge on any atom is -0.322 e. The van der Waals surface area contributed by atoms with Crippen molar-refractivity contribution in [2.24, 2.45) is 0 Å². The normalized spacial score (nSPS) is 18.9. The van der Waals surface area contributed by atoms with Gasteiger partial charge >= 0.3 is 0 Å². The van der Waals surface area contributed by atoms with Crippen LogP contribution in [0.1, 0.15) is 23.6 Å². The number of hydrazine groups is 1. The number of carbonyl (C=O) groups excluding carboxylic acids is 1. The highest BCUT2D eigenvalue weighted by Gasteiger charge is 2.30. The largest absolute Gasteiger partial charge is 0.322 e. The van der Waals surface area contributed by atoms with Crippen LogP contribution in [-0.4, -0.2) is 21.7 Å². The molecule has 4 rings (SSSR count). The summed E-state index contributed by atoms with van der Waals surface area (Å²) in [6, 6.07) is 13.4. The van der Waals surface area contributed by atoms with E-state index in [0.29, 0.717) is 23.7 Å². The summed E-state index contributed by atoms with van der Waals surface area (Å²) in [5, 5.41) is 7.84. The fraction of sp³-hybridized carbons (Fsp3) is 0.200. The first kappa shape index (κ1) is 18.6. The van der Waals surface area contributed by atoms with Crippen LogP contribution >= 0.6 is 11.6 Å². The van der Waals surface area contributed by atoms with Crippen molar-refractivity contribution in [1.82, 2.24) is 20.6 Å². The van der Waals surface area contributed by atoms with Crippen molar-refractivity contribution in [1.29, 1.82) is 0 Å². The zero-order chi connectivity index (χ0) is 19.5. The van der Waals surface area contributed by atoms with Gasteiger partial charge in [0.05, 0.1) is 18.4 Å². The number of rotatable bonds is 5. The van der Waals surface area contributed by atoms with Gasteiger partial charge in [0.15, 0.2) is 0 Å². The number of halogens is 2. The zero-order valence-electron chi connectivity index (χ0n) is 14.9. The molecule has 0 bridgehead atoms. The summed E-state index contributed by atoms with van der Waals surface area (Å²) in [5.74, 6) is -0.428. The maximum Gasteiger partial charge on any atom is 0.243 e. The van der Waals surface area contributed by atoms with Crippen molar-refractivity contribution >= 4 is 23.2 Å². The lowest BCUT2D eigenvalue weighted by atomic mass is 10.0. The molecule has 28 heavy (non-hydrogen) atoms. The van der Waals surface area contributed by atoms with Crippen LogP contribution in [0.4, 0.5) is 10.1 Å². The van der Waals surface area contributed by atoms with Crippen molar-refractivity contribution in [3.63, 3.8) is 0 Å². The van der Waals surface area contributed by atoms with Crippen molar-refractivity contribution < 1.29 is 9.18 Å². The predicted molar refractivity (Wildman–Crippen MR) is 105 cm³/mol. The molecule has 0 spiro atoms. The molecule has 3 N–H and O–H groups in total. The summed E-state index contributed by atoms with van der Waals surface area (Å²) in [6.45, 7) is 0.586. The summed E-state index contributed by atoms with van der Waals surface area (Å²) >= 11 is 5.90. The summed E-state index contributed by atoms with van der Waals surface area (Å²) in [5.41, 5.74) is 8.71. The highest BCUT2D eigenvalue weighted by Crippen LogP contribution is 2.23.